The van der Waals surface area contributed by atoms with E-state index < -0.39 is 17.1 Å². The zero-order valence-corrected chi connectivity index (χ0v) is 17.3. The molecule has 2 atom stereocenters. The summed E-state index contributed by atoms with van der Waals surface area (Å²) in [6, 6.07) is 10.5. The van der Waals surface area contributed by atoms with Gasteiger partial charge in [0.1, 0.15) is 11.4 Å². The maximum absolute atomic E-state index is 13.2. The number of rotatable bonds is 3. The molecule has 7 nitrogen and oxygen atoms in total. The fourth-order valence-corrected chi connectivity index (χ4v) is 5.99. The molecule has 1 saturated heterocycles. The topological polar surface area (TPSA) is 95.5 Å². The zero-order chi connectivity index (χ0) is 20.9. The van der Waals surface area contributed by atoms with Gasteiger partial charge in [0.15, 0.2) is 0 Å². The van der Waals surface area contributed by atoms with E-state index in [-0.39, 0.29) is 11.8 Å². The Labute approximate surface area is 175 Å². The average Bonchev–Trinajstić information content (AvgIpc) is 3.23. The third-order valence-corrected chi connectivity index (χ3v) is 7.99. The minimum atomic E-state index is -3.59. The number of sulfonamides is 1. The van der Waals surface area contributed by atoms with Crippen LogP contribution in [0.4, 0.5) is 0 Å². The molecule has 0 radical (unpaired) electrons. The molecule has 0 saturated carbocycles. The van der Waals surface area contributed by atoms with Crippen LogP contribution in [0, 0.1) is 11.8 Å². The second-order valence-electron chi connectivity index (χ2n) is 7.92. The van der Waals surface area contributed by atoms with Gasteiger partial charge in [0, 0.05) is 36.2 Å². The Morgan fingerprint density at radius 3 is 2.87 bits per heavy atom. The standard InChI is InChI=1S/C21H22BN3O4S/c1-14-8-10-25(30(27,28)15-5-3-2-4-6-15)13-18(14)17-11-22(26)29-19-12-24-21-16(20(17)19)7-9-23-21/h2-7,9,11-12,14,18,26H,8,10,13H2,1H3,(H,23,24)/t14-,18?/m1/s1. The Balaban J connectivity index is 1.56. The molecular formula is C21H22BN3O4S. The van der Waals surface area contributed by atoms with Crippen molar-refractivity contribution >= 4 is 33.7 Å². The van der Waals surface area contributed by atoms with E-state index in [9.17, 15) is 13.4 Å². The van der Waals surface area contributed by atoms with Crippen molar-refractivity contribution in [2.45, 2.75) is 18.2 Å². The summed E-state index contributed by atoms with van der Waals surface area (Å²) in [7, 11) is -4.67. The van der Waals surface area contributed by atoms with Crippen LogP contribution in [0.3, 0.4) is 0 Å². The van der Waals surface area contributed by atoms with Crippen LogP contribution in [0.2, 0.25) is 0 Å². The molecular weight excluding hydrogens is 401 g/mol. The first-order valence-electron chi connectivity index (χ1n) is 10.0. The number of hydrogen-bond donors (Lipinski definition) is 2. The normalized spacial score (nSPS) is 22.5. The molecule has 154 valence electrons. The minimum Gasteiger partial charge on any atom is -0.531 e. The lowest BCUT2D eigenvalue weighted by molar-refractivity contribution is 0.239. The van der Waals surface area contributed by atoms with E-state index in [0.29, 0.717) is 23.7 Å². The number of benzene rings is 1. The van der Waals surface area contributed by atoms with Crippen LogP contribution < -0.4 is 4.65 Å². The second kappa shape index (κ2) is 7.26. The Morgan fingerprint density at radius 1 is 1.27 bits per heavy atom. The number of pyridine rings is 1. The number of H-pyrrole nitrogens is 1. The van der Waals surface area contributed by atoms with Crippen molar-refractivity contribution in [3.63, 3.8) is 0 Å². The molecule has 0 bridgehead atoms. The van der Waals surface area contributed by atoms with Gasteiger partial charge < -0.3 is 14.7 Å². The molecule has 9 heteroatoms. The van der Waals surface area contributed by atoms with E-state index in [1.165, 1.54) is 0 Å². The molecule has 2 aromatic heterocycles. The third-order valence-electron chi connectivity index (χ3n) is 6.11. The van der Waals surface area contributed by atoms with Crippen LogP contribution in [0.1, 0.15) is 18.9 Å². The lowest BCUT2D eigenvalue weighted by Gasteiger charge is -2.39. The predicted octanol–water partition coefficient (Wildman–Crippen LogP) is 2.71. The highest BCUT2D eigenvalue weighted by Gasteiger charge is 2.39. The molecule has 1 aromatic carbocycles. The highest BCUT2D eigenvalue weighted by atomic mass is 32.2. The molecule has 1 unspecified atom stereocenters. The average molecular weight is 423 g/mol. The molecule has 2 aliphatic rings. The van der Waals surface area contributed by atoms with Gasteiger partial charge in [0.2, 0.25) is 10.0 Å². The molecule has 1 fully saturated rings. The monoisotopic (exact) mass is 423 g/mol. The lowest BCUT2D eigenvalue weighted by atomic mass is 9.72. The molecule has 4 heterocycles. The van der Waals surface area contributed by atoms with Crippen molar-refractivity contribution in [1.29, 1.82) is 0 Å². The largest absolute Gasteiger partial charge is 0.552 e. The summed E-state index contributed by atoms with van der Waals surface area (Å²) in [4.78, 5) is 7.77. The van der Waals surface area contributed by atoms with Crippen molar-refractivity contribution in [1.82, 2.24) is 14.3 Å². The Bertz CT molecular complexity index is 1230. The molecule has 30 heavy (non-hydrogen) atoms. The van der Waals surface area contributed by atoms with Crippen molar-refractivity contribution in [3.05, 3.63) is 60.3 Å². The van der Waals surface area contributed by atoms with Gasteiger partial charge in [-0.15, -0.1) is 0 Å². The zero-order valence-electron chi connectivity index (χ0n) is 16.5. The first-order valence-corrected chi connectivity index (χ1v) is 11.5. The van der Waals surface area contributed by atoms with E-state index in [0.717, 1.165) is 28.6 Å². The summed E-state index contributed by atoms with van der Waals surface area (Å²) in [5.74, 6) is 2.39. The van der Waals surface area contributed by atoms with Gasteiger partial charge in [0.05, 0.1) is 11.1 Å². The van der Waals surface area contributed by atoms with Crippen LogP contribution in [-0.2, 0) is 10.0 Å². The van der Waals surface area contributed by atoms with E-state index in [1.54, 1.807) is 46.8 Å². The van der Waals surface area contributed by atoms with Gasteiger partial charge in [-0.3, -0.25) is 0 Å². The fraction of sp³-hybridized carbons (Fsp3) is 0.286. The molecule has 2 N–H and O–H groups in total. The van der Waals surface area contributed by atoms with Crippen molar-refractivity contribution < 1.29 is 18.1 Å². The van der Waals surface area contributed by atoms with Gasteiger partial charge in [-0.2, -0.15) is 4.31 Å². The smallest absolute Gasteiger partial charge is 0.531 e. The summed E-state index contributed by atoms with van der Waals surface area (Å²) in [6.45, 7) is 2.96. The molecule has 2 aliphatic heterocycles. The highest BCUT2D eigenvalue weighted by Crippen LogP contribution is 2.44. The molecule has 0 amide bonds. The molecule has 0 spiro atoms. The number of aromatic amines is 1. The number of piperidine rings is 1. The number of aromatic nitrogens is 2. The Kier molecular flexibility index (Phi) is 4.69. The quantitative estimate of drug-likeness (QED) is 0.632. The van der Waals surface area contributed by atoms with Crippen molar-refractivity contribution in [2.75, 3.05) is 13.1 Å². The summed E-state index contributed by atoms with van der Waals surface area (Å²) in [6.07, 6.45) is 4.16. The van der Waals surface area contributed by atoms with Crippen molar-refractivity contribution in [2.24, 2.45) is 11.8 Å². The molecule has 0 aliphatic carbocycles. The third kappa shape index (κ3) is 3.14. The van der Waals surface area contributed by atoms with Gasteiger partial charge in [-0.05, 0) is 42.1 Å². The summed E-state index contributed by atoms with van der Waals surface area (Å²) < 4.78 is 33.6. The van der Waals surface area contributed by atoms with Crippen LogP contribution in [0.5, 0.6) is 5.75 Å². The lowest BCUT2D eigenvalue weighted by Crippen LogP contribution is -2.44. The number of fused-ring (bicyclic) bond motifs is 3. The second-order valence-corrected chi connectivity index (χ2v) is 9.85. The van der Waals surface area contributed by atoms with Gasteiger partial charge in [0.25, 0.3) is 0 Å². The van der Waals surface area contributed by atoms with E-state index in [2.05, 4.69) is 16.9 Å². The SMILES string of the molecule is C[C@@H]1CCN(S(=O)(=O)c2ccccc2)CC1C1=CB(O)Oc2cnc3[nH]ccc3c21. The van der Waals surface area contributed by atoms with Gasteiger partial charge in [-0.25, -0.2) is 13.4 Å². The minimum absolute atomic E-state index is 0.0740. The first kappa shape index (κ1) is 19.4. The fourth-order valence-electron chi connectivity index (χ4n) is 4.49. The van der Waals surface area contributed by atoms with Crippen LogP contribution >= 0.6 is 0 Å². The summed E-state index contributed by atoms with van der Waals surface area (Å²) in [5, 5.41) is 11.2. The highest BCUT2D eigenvalue weighted by molar-refractivity contribution is 7.89. The van der Waals surface area contributed by atoms with Crippen molar-refractivity contribution in [3.8, 4) is 5.75 Å². The van der Waals surface area contributed by atoms with Crippen LogP contribution in [-0.4, -0.2) is 47.9 Å². The number of nitrogens with zero attached hydrogens (tertiary/aromatic N) is 2. The van der Waals surface area contributed by atoms with E-state index in [4.69, 9.17) is 4.65 Å². The van der Waals surface area contributed by atoms with E-state index >= 15 is 0 Å². The van der Waals surface area contributed by atoms with E-state index in [1.807, 2.05) is 12.3 Å². The number of nitrogens with one attached hydrogen (secondary N) is 1. The molecule has 5 rings (SSSR count). The molecule has 3 aromatic rings. The maximum atomic E-state index is 13.2. The van der Waals surface area contributed by atoms with Crippen LogP contribution in [0.25, 0.3) is 16.6 Å². The maximum Gasteiger partial charge on any atom is 0.552 e. The Hall–Kier alpha value is -2.62. The predicted molar refractivity (Wildman–Crippen MR) is 115 cm³/mol. The summed E-state index contributed by atoms with van der Waals surface area (Å²) >= 11 is 0. The Morgan fingerprint density at radius 2 is 2.07 bits per heavy atom. The van der Waals surface area contributed by atoms with Gasteiger partial charge in [-0.1, -0.05) is 25.1 Å². The number of hydrogen-bond acceptors (Lipinski definition) is 5. The first-order chi connectivity index (χ1) is 14.4. The van der Waals surface area contributed by atoms with Gasteiger partial charge >= 0.3 is 7.12 Å². The summed E-state index contributed by atoms with van der Waals surface area (Å²) in [5.41, 5.74) is 2.52. The van der Waals surface area contributed by atoms with Crippen LogP contribution in [0.15, 0.2) is 59.7 Å².